The molecule has 1 aromatic heterocycles. The van der Waals surface area contributed by atoms with E-state index in [0.29, 0.717) is 5.15 Å². The summed E-state index contributed by atoms with van der Waals surface area (Å²) < 4.78 is 0. The van der Waals surface area contributed by atoms with Crippen LogP contribution in [0.5, 0.6) is 0 Å². The van der Waals surface area contributed by atoms with Crippen LogP contribution in [0.25, 0.3) is 0 Å². The molecule has 0 spiro atoms. The maximum atomic E-state index is 6.18. The molecule has 110 valence electrons. The zero-order valence-electron chi connectivity index (χ0n) is 12.5. The number of para-hydroxylation sites is 2. The maximum Gasteiger partial charge on any atom is 0.138 e. The van der Waals surface area contributed by atoms with Gasteiger partial charge in [0.15, 0.2) is 0 Å². The van der Waals surface area contributed by atoms with Gasteiger partial charge in [-0.1, -0.05) is 37.6 Å². The molecule has 3 rings (SSSR count). The van der Waals surface area contributed by atoms with Crippen molar-refractivity contribution in [3.8, 4) is 0 Å². The number of benzene rings is 1. The summed E-state index contributed by atoms with van der Waals surface area (Å²) in [6, 6.07) is 10.2. The van der Waals surface area contributed by atoms with Crippen molar-refractivity contribution in [2.75, 3.05) is 29.9 Å². The summed E-state index contributed by atoms with van der Waals surface area (Å²) in [5.74, 6) is 1.92. The summed E-state index contributed by atoms with van der Waals surface area (Å²) in [5, 5.41) is 0.500. The standard InChI is InChI=1S/C16H19ClN4/c1-11(2)16-18-14(17)10-15(19-16)21-9-8-20(3)12-6-4-5-7-13(12)21/h4-7,10-11H,8-9H2,1-3H3. The van der Waals surface area contributed by atoms with Crippen molar-refractivity contribution in [1.82, 2.24) is 9.97 Å². The van der Waals surface area contributed by atoms with Crippen LogP contribution in [-0.4, -0.2) is 30.1 Å². The van der Waals surface area contributed by atoms with Crippen LogP contribution in [0.3, 0.4) is 0 Å². The number of fused-ring (bicyclic) bond motifs is 1. The van der Waals surface area contributed by atoms with Crippen molar-refractivity contribution < 1.29 is 0 Å². The van der Waals surface area contributed by atoms with Crippen LogP contribution in [0.4, 0.5) is 17.2 Å². The van der Waals surface area contributed by atoms with E-state index in [1.54, 1.807) is 0 Å². The molecule has 2 heterocycles. The molecule has 21 heavy (non-hydrogen) atoms. The molecular weight excluding hydrogens is 284 g/mol. The van der Waals surface area contributed by atoms with Crippen molar-refractivity contribution in [2.45, 2.75) is 19.8 Å². The summed E-state index contributed by atoms with van der Waals surface area (Å²) >= 11 is 6.18. The third-order valence-corrected chi connectivity index (χ3v) is 3.93. The number of anilines is 3. The molecule has 0 N–H and O–H groups in total. The van der Waals surface area contributed by atoms with Crippen LogP contribution in [0, 0.1) is 0 Å². The van der Waals surface area contributed by atoms with Crippen LogP contribution in [0.15, 0.2) is 30.3 Å². The van der Waals surface area contributed by atoms with Gasteiger partial charge in [0.2, 0.25) is 0 Å². The minimum absolute atomic E-state index is 0.255. The lowest BCUT2D eigenvalue weighted by molar-refractivity contribution is 0.757. The van der Waals surface area contributed by atoms with Crippen molar-refractivity contribution in [1.29, 1.82) is 0 Å². The van der Waals surface area contributed by atoms with Gasteiger partial charge in [-0.3, -0.25) is 0 Å². The van der Waals surface area contributed by atoms with Gasteiger partial charge in [0.05, 0.1) is 11.4 Å². The highest BCUT2D eigenvalue weighted by atomic mass is 35.5. The first-order valence-electron chi connectivity index (χ1n) is 7.18. The Hall–Kier alpha value is -1.81. The largest absolute Gasteiger partial charge is 0.371 e. The minimum Gasteiger partial charge on any atom is -0.371 e. The lowest BCUT2D eigenvalue weighted by Crippen LogP contribution is -2.36. The smallest absolute Gasteiger partial charge is 0.138 e. The van der Waals surface area contributed by atoms with E-state index < -0.39 is 0 Å². The van der Waals surface area contributed by atoms with Gasteiger partial charge in [-0.2, -0.15) is 0 Å². The molecular formula is C16H19ClN4. The van der Waals surface area contributed by atoms with Crippen molar-refractivity contribution in [2.24, 2.45) is 0 Å². The van der Waals surface area contributed by atoms with Gasteiger partial charge in [-0.05, 0) is 12.1 Å². The van der Waals surface area contributed by atoms with E-state index in [9.17, 15) is 0 Å². The molecule has 1 aromatic carbocycles. The van der Waals surface area contributed by atoms with Crippen molar-refractivity contribution in [3.05, 3.63) is 41.3 Å². The first kappa shape index (κ1) is 14.1. The third kappa shape index (κ3) is 2.68. The van der Waals surface area contributed by atoms with Crippen LogP contribution in [0.1, 0.15) is 25.6 Å². The van der Waals surface area contributed by atoms with E-state index in [1.165, 1.54) is 5.69 Å². The van der Waals surface area contributed by atoms with E-state index in [2.05, 4.69) is 59.9 Å². The maximum absolute atomic E-state index is 6.18. The molecule has 2 aromatic rings. The molecule has 0 bridgehead atoms. The van der Waals surface area contributed by atoms with Crippen LogP contribution >= 0.6 is 11.6 Å². The van der Waals surface area contributed by atoms with Gasteiger partial charge in [0.1, 0.15) is 16.8 Å². The summed E-state index contributed by atoms with van der Waals surface area (Å²) in [6.45, 7) is 5.99. The fourth-order valence-electron chi connectivity index (χ4n) is 2.56. The fourth-order valence-corrected chi connectivity index (χ4v) is 2.75. The number of rotatable bonds is 2. The second kappa shape index (κ2) is 5.53. The Balaban J connectivity index is 2.07. The second-order valence-electron chi connectivity index (χ2n) is 5.62. The average molecular weight is 303 g/mol. The summed E-state index contributed by atoms with van der Waals surface area (Å²) in [5.41, 5.74) is 2.38. The molecule has 0 saturated heterocycles. The zero-order valence-corrected chi connectivity index (χ0v) is 13.3. The van der Waals surface area contributed by atoms with E-state index >= 15 is 0 Å². The Bertz CT molecular complexity index is 656. The Morgan fingerprint density at radius 1 is 1.10 bits per heavy atom. The van der Waals surface area contributed by atoms with Gasteiger partial charge >= 0.3 is 0 Å². The van der Waals surface area contributed by atoms with Gasteiger partial charge in [0.25, 0.3) is 0 Å². The molecule has 1 aliphatic rings. The molecule has 0 radical (unpaired) electrons. The first-order valence-corrected chi connectivity index (χ1v) is 7.56. The first-order chi connectivity index (χ1) is 10.1. The van der Waals surface area contributed by atoms with Gasteiger partial charge < -0.3 is 9.80 Å². The Kier molecular flexibility index (Phi) is 3.72. The molecule has 1 aliphatic heterocycles. The Labute approximate surface area is 130 Å². The number of aromatic nitrogens is 2. The van der Waals surface area contributed by atoms with E-state index in [1.807, 2.05) is 6.07 Å². The topological polar surface area (TPSA) is 32.3 Å². The van der Waals surface area contributed by atoms with Gasteiger partial charge in [-0.15, -0.1) is 0 Å². The highest BCUT2D eigenvalue weighted by molar-refractivity contribution is 6.29. The Morgan fingerprint density at radius 2 is 1.81 bits per heavy atom. The predicted molar refractivity (Wildman–Crippen MR) is 87.8 cm³/mol. The summed E-state index contributed by atoms with van der Waals surface area (Å²) in [7, 11) is 2.11. The number of hydrogen-bond acceptors (Lipinski definition) is 4. The highest BCUT2D eigenvalue weighted by Crippen LogP contribution is 2.36. The predicted octanol–water partition coefficient (Wildman–Crippen LogP) is 3.84. The quantitative estimate of drug-likeness (QED) is 0.789. The molecule has 0 unspecified atom stereocenters. The number of halogens is 1. The molecule has 0 fully saturated rings. The van der Waals surface area contributed by atoms with Gasteiger partial charge in [0, 0.05) is 32.1 Å². The average Bonchev–Trinajstić information content (AvgIpc) is 2.47. The van der Waals surface area contributed by atoms with Crippen molar-refractivity contribution >= 4 is 28.8 Å². The molecule has 0 aliphatic carbocycles. The molecule has 0 atom stereocenters. The Morgan fingerprint density at radius 3 is 2.52 bits per heavy atom. The molecule has 0 saturated carbocycles. The third-order valence-electron chi connectivity index (χ3n) is 3.73. The van der Waals surface area contributed by atoms with Crippen molar-refractivity contribution in [3.63, 3.8) is 0 Å². The second-order valence-corrected chi connectivity index (χ2v) is 6.01. The number of nitrogens with zero attached hydrogens (tertiary/aromatic N) is 4. The zero-order chi connectivity index (χ0) is 15.0. The summed E-state index contributed by atoms with van der Waals surface area (Å²) in [4.78, 5) is 13.5. The normalized spacial score (nSPS) is 14.5. The van der Waals surface area contributed by atoms with Gasteiger partial charge in [-0.25, -0.2) is 9.97 Å². The lowest BCUT2D eigenvalue weighted by Gasteiger charge is -2.36. The summed E-state index contributed by atoms with van der Waals surface area (Å²) in [6.07, 6.45) is 0. The van der Waals surface area contributed by atoms with E-state index in [0.717, 1.165) is 30.4 Å². The molecule has 0 amide bonds. The lowest BCUT2D eigenvalue weighted by atomic mass is 10.1. The van der Waals surface area contributed by atoms with E-state index in [-0.39, 0.29) is 5.92 Å². The van der Waals surface area contributed by atoms with Crippen LogP contribution < -0.4 is 9.80 Å². The molecule has 4 nitrogen and oxygen atoms in total. The fraction of sp³-hybridized carbons (Fsp3) is 0.375. The number of hydrogen-bond donors (Lipinski definition) is 0. The molecule has 5 heteroatoms. The number of likely N-dealkylation sites (N-methyl/N-ethyl adjacent to an activating group) is 1. The minimum atomic E-state index is 0.255. The van der Waals surface area contributed by atoms with Crippen LogP contribution in [0.2, 0.25) is 5.15 Å². The monoisotopic (exact) mass is 302 g/mol. The SMILES string of the molecule is CC(C)c1nc(Cl)cc(N2CCN(C)c3ccccc32)n1. The van der Waals surface area contributed by atoms with Crippen LogP contribution in [-0.2, 0) is 0 Å². The highest BCUT2D eigenvalue weighted by Gasteiger charge is 2.23. The van der Waals surface area contributed by atoms with E-state index in [4.69, 9.17) is 16.6 Å².